The number of hydrogen-bond donors (Lipinski definition) is 4. The topological polar surface area (TPSA) is 236 Å². The Balaban J connectivity index is 0.000000240. The van der Waals surface area contributed by atoms with E-state index in [9.17, 15) is 19.2 Å². The van der Waals surface area contributed by atoms with Crippen LogP contribution in [0.5, 0.6) is 11.5 Å². The highest BCUT2D eigenvalue weighted by molar-refractivity contribution is 5.97. The fourth-order valence-electron chi connectivity index (χ4n) is 4.70. The zero-order valence-corrected chi connectivity index (χ0v) is 32.1. The molecule has 54 heavy (non-hydrogen) atoms. The monoisotopic (exact) mass is 754 g/mol. The zero-order valence-electron chi connectivity index (χ0n) is 32.1. The number of ether oxygens (including phenoxy) is 5. The number of aromatic nitrogens is 2. The summed E-state index contributed by atoms with van der Waals surface area (Å²) >= 11 is 0. The first-order chi connectivity index (χ1) is 25.4. The van der Waals surface area contributed by atoms with E-state index in [1.165, 1.54) is 0 Å². The molecule has 0 fully saturated rings. The lowest BCUT2D eigenvalue weighted by Crippen LogP contribution is -2.35. The molecular weight excluding hydrogens is 704 g/mol. The predicted molar refractivity (Wildman–Crippen MR) is 195 cm³/mol. The third kappa shape index (κ3) is 13.0. The second-order valence-electron chi connectivity index (χ2n) is 13.9. The minimum Gasteiger partial charge on any atom is -0.491 e. The molecule has 294 valence electrons. The van der Waals surface area contributed by atoms with Gasteiger partial charge in [0.1, 0.15) is 35.9 Å². The first kappa shape index (κ1) is 42.5. The van der Waals surface area contributed by atoms with E-state index in [0.29, 0.717) is 48.4 Å². The van der Waals surface area contributed by atoms with Gasteiger partial charge in [-0.25, -0.2) is 9.59 Å². The standard InChI is InChI=1S/C17H21N3O4.C14H19N3O4.C6H10O3/c1-5-14-19-15(20-24-14)10-6-7-11-12(9-22-13(11)8-10)18-16(21)23-17(2,3)4;1-14(2,3)21-13(18)16-10-7-20-11-6-8(12(15)17-19)4-5-9(10)11;1-3-5(7)9-6(8)4-2/h6-8,12H,5,9H2,1-4H3,(H,18,21);4-6,10,19H,7H2,1-3H3,(H2,15,17)(H,16,18);3-4H2,1-2H3/t12-;10-;/m11./s1. The third-order valence-electron chi connectivity index (χ3n) is 7.21. The van der Waals surface area contributed by atoms with Crippen molar-refractivity contribution in [1.29, 1.82) is 0 Å². The van der Waals surface area contributed by atoms with Crippen molar-refractivity contribution in [1.82, 2.24) is 20.8 Å². The minimum absolute atomic E-state index is 0.00458. The fraction of sp³-hybridized carbons (Fsp3) is 0.486. The summed E-state index contributed by atoms with van der Waals surface area (Å²) < 4.78 is 31.1. The lowest BCUT2D eigenvalue weighted by atomic mass is 10.1. The van der Waals surface area contributed by atoms with Gasteiger partial charge < -0.3 is 49.8 Å². The fourth-order valence-corrected chi connectivity index (χ4v) is 4.70. The Morgan fingerprint density at radius 3 is 1.78 bits per heavy atom. The molecule has 0 saturated heterocycles. The highest BCUT2D eigenvalue weighted by Crippen LogP contribution is 2.36. The van der Waals surface area contributed by atoms with Crippen molar-refractivity contribution in [2.45, 2.75) is 105 Å². The molecule has 2 aromatic carbocycles. The molecular formula is C37H50N6O11. The molecule has 17 nitrogen and oxygen atoms in total. The Kier molecular flexibility index (Phi) is 14.8. The van der Waals surface area contributed by atoms with Gasteiger partial charge in [0.25, 0.3) is 0 Å². The number of hydrogen-bond acceptors (Lipinski definition) is 14. The van der Waals surface area contributed by atoms with Crippen LogP contribution in [0.25, 0.3) is 11.4 Å². The number of nitrogens with one attached hydrogen (secondary N) is 2. The highest BCUT2D eigenvalue weighted by Gasteiger charge is 2.30. The first-order valence-electron chi connectivity index (χ1n) is 17.4. The summed E-state index contributed by atoms with van der Waals surface area (Å²) in [5.74, 6) is 1.52. The Bertz CT molecular complexity index is 1800. The van der Waals surface area contributed by atoms with Crippen LogP contribution in [-0.4, -0.2) is 69.7 Å². The smallest absolute Gasteiger partial charge is 0.408 e. The number of oxime groups is 1. The Morgan fingerprint density at radius 1 is 0.833 bits per heavy atom. The lowest BCUT2D eigenvalue weighted by Gasteiger charge is -2.21. The van der Waals surface area contributed by atoms with Crippen LogP contribution in [0.4, 0.5) is 9.59 Å². The number of carbonyl (C=O) groups excluding carboxylic acids is 4. The van der Waals surface area contributed by atoms with Gasteiger partial charge in [-0.15, -0.1) is 0 Å². The third-order valence-corrected chi connectivity index (χ3v) is 7.21. The molecule has 5 N–H and O–H groups in total. The van der Waals surface area contributed by atoms with Crippen LogP contribution in [0.3, 0.4) is 0 Å². The molecule has 3 heterocycles. The number of nitrogens with zero attached hydrogens (tertiary/aromatic N) is 3. The van der Waals surface area contributed by atoms with Gasteiger partial charge in [-0.3, -0.25) is 9.59 Å². The van der Waals surface area contributed by atoms with Gasteiger partial charge in [0, 0.05) is 41.5 Å². The van der Waals surface area contributed by atoms with E-state index in [1.807, 2.05) is 45.9 Å². The largest absolute Gasteiger partial charge is 0.491 e. The van der Waals surface area contributed by atoms with Gasteiger partial charge in [-0.2, -0.15) is 4.98 Å². The Hall–Kier alpha value is -5.87. The SMILES string of the molecule is CC(C)(C)OC(=O)N[C@@H]1COc2cc(C(N)=NO)ccc21.CCC(=O)OC(=O)CC.CCc1nc(-c2ccc3c(c2)OC[C@H]3NC(=O)OC(C)(C)C)no1. The van der Waals surface area contributed by atoms with Crippen molar-refractivity contribution in [3.8, 4) is 22.9 Å². The Morgan fingerprint density at radius 2 is 1.33 bits per heavy atom. The van der Waals surface area contributed by atoms with Crippen LogP contribution in [-0.2, 0) is 30.2 Å². The first-order valence-corrected chi connectivity index (χ1v) is 17.4. The van der Waals surface area contributed by atoms with Crippen LogP contribution < -0.4 is 25.8 Å². The number of amides is 2. The van der Waals surface area contributed by atoms with Crippen LogP contribution in [0.1, 0.15) is 110 Å². The number of rotatable bonds is 7. The van der Waals surface area contributed by atoms with Crippen LogP contribution in [0.15, 0.2) is 46.1 Å². The van der Waals surface area contributed by atoms with Crippen molar-refractivity contribution in [3.05, 3.63) is 59.0 Å². The summed E-state index contributed by atoms with van der Waals surface area (Å²) in [6, 6.07) is 10.3. The number of fused-ring (bicyclic) bond motifs is 2. The molecule has 1 aromatic heterocycles. The van der Waals surface area contributed by atoms with Crippen LogP contribution in [0.2, 0.25) is 0 Å². The predicted octanol–water partition coefficient (Wildman–Crippen LogP) is 5.87. The summed E-state index contributed by atoms with van der Waals surface area (Å²) in [5.41, 5.74) is 7.54. The van der Waals surface area contributed by atoms with E-state index in [4.69, 9.17) is 34.4 Å². The van der Waals surface area contributed by atoms with Gasteiger partial charge in [0.05, 0.1) is 12.1 Å². The summed E-state index contributed by atoms with van der Waals surface area (Å²) in [4.78, 5) is 48.7. The van der Waals surface area contributed by atoms with E-state index in [-0.39, 0.29) is 30.8 Å². The van der Waals surface area contributed by atoms with Crippen molar-refractivity contribution in [2.24, 2.45) is 10.9 Å². The summed E-state index contributed by atoms with van der Waals surface area (Å²) in [6.45, 7) is 16.8. The van der Waals surface area contributed by atoms with Gasteiger partial charge in [0.2, 0.25) is 11.7 Å². The van der Waals surface area contributed by atoms with Gasteiger partial charge in [-0.05, 0) is 53.7 Å². The van der Waals surface area contributed by atoms with E-state index < -0.39 is 35.3 Å². The highest BCUT2D eigenvalue weighted by atomic mass is 16.6. The van der Waals surface area contributed by atoms with E-state index in [2.05, 4.69) is 30.7 Å². The van der Waals surface area contributed by atoms with Crippen molar-refractivity contribution in [2.75, 3.05) is 13.2 Å². The molecule has 2 aliphatic rings. The van der Waals surface area contributed by atoms with Gasteiger partial charge in [-0.1, -0.05) is 55.3 Å². The Labute approximate surface area is 313 Å². The van der Waals surface area contributed by atoms with E-state index >= 15 is 0 Å². The number of alkyl carbamates (subject to hydrolysis) is 2. The maximum absolute atomic E-state index is 11.9. The van der Waals surface area contributed by atoms with Crippen molar-refractivity contribution >= 4 is 30.0 Å². The molecule has 0 aliphatic carbocycles. The molecule has 0 radical (unpaired) electrons. The number of esters is 2. The average molecular weight is 755 g/mol. The summed E-state index contributed by atoms with van der Waals surface area (Å²) in [7, 11) is 0. The maximum Gasteiger partial charge on any atom is 0.408 e. The molecule has 2 amide bonds. The van der Waals surface area contributed by atoms with Gasteiger partial charge in [0.15, 0.2) is 5.84 Å². The molecule has 5 rings (SSSR count). The van der Waals surface area contributed by atoms with E-state index in [0.717, 1.165) is 16.7 Å². The summed E-state index contributed by atoms with van der Waals surface area (Å²) in [5, 5.41) is 21.1. The molecule has 17 heteroatoms. The number of aryl methyl sites for hydroxylation is 1. The molecule has 2 atom stereocenters. The second kappa shape index (κ2) is 18.8. The van der Waals surface area contributed by atoms with E-state index in [1.54, 1.807) is 52.8 Å². The normalized spacial score (nSPS) is 15.7. The molecule has 0 spiro atoms. The number of carbonyl (C=O) groups is 4. The molecule has 2 aliphatic heterocycles. The van der Waals surface area contributed by atoms with Crippen molar-refractivity contribution in [3.63, 3.8) is 0 Å². The average Bonchev–Trinajstić information content (AvgIpc) is 3.85. The van der Waals surface area contributed by atoms with Crippen LogP contribution in [0, 0.1) is 0 Å². The zero-order chi connectivity index (χ0) is 40.2. The lowest BCUT2D eigenvalue weighted by molar-refractivity contribution is -0.159. The number of nitrogens with two attached hydrogens (primary N) is 1. The number of benzene rings is 2. The molecule has 3 aromatic rings. The quantitative estimate of drug-likeness (QED) is 0.0420. The van der Waals surface area contributed by atoms with Crippen molar-refractivity contribution < 1.29 is 52.6 Å². The molecule has 0 saturated carbocycles. The van der Waals surface area contributed by atoms with Gasteiger partial charge >= 0.3 is 24.1 Å². The number of amidine groups is 1. The maximum atomic E-state index is 11.9. The van der Waals surface area contributed by atoms with Crippen LogP contribution >= 0.6 is 0 Å². The summed E-state index contributed by atoms with van der Waals surface area (Å²) in [6.07, 6.45) is 0.247. The molecule has 0 bridgehead atoms. The molecule has 0 unspecified atom stereocenters. The minimum atomic E-state index is -0.553. The second-order valence-corrected chi connectivity index (χ2v) is 13.9.